The van der Waals surface area contributed by atoms with Crippen LogP contribution in [0.25, 0.3) is 10.8 Å². The van der Waals surface area contributed by atoms with Crippen molar-refractivity contribution in [1.29, 1.82) is 0 Å². The van der Waals surface area contributed by atoms with Gasteiger partial charge in [-0.2, -0.15) is 8.42 Å². The van der Waals surface area contributed by atoms with Gasteiger partial charge >= 0.3 is 0 Å². The Balaban J connectivity index is 2.01. The van der Waals surface area contributed by atoms with Gasteiger partial charge in [0.25, 0.3) is 20.1 Å². The van der Waals surface area contributed by atoms with Gasteiger partial charge in [-0.1, -0.05) is 18.2 Å². The minimum atomic E-state index is -4.44. The van der Waals surface area contributed by atoms with Gasteiger partial charge in [-0.25, -0.2) is 8.42 Å². The van der Waals surface area contributed by atoms with Crippen LogP contribution in [-0.4, -0.2) is 26.5 Å². The topological polar surface area (TPSA) is 121 Å². The third-order valence-electron chi connectivity index (χ3n) is 3.93. The molecule has 26 heavy (non-hydrogen) atoms. The zero-order valence-corrected chi connectivity index (χ0v) is 15.2. The predicted octanol–water partition coefficient (Wildman–Crippen LogP) is 2.90. The van der Waals surface area contributed by atoms with Crippen LogP contribution in [0.2, 0.25) is 0 Å². The Hall–Kier alpha value is -2.62. The lowest BCUT2D eigenvalue weighted by Crippen LogP contribution is -2.13. The Kier molecular flexibility index (Phi) is 4.39. The molecule has 0 fully saturated rings. The first kappa shape index (κ1) is 18.2. The molecule has 0 radical (unpaired) electrons. The molecule has 3 rings (SSSR count). The number of hydrogen-bond donors (Lipinski definition) is 3. The van der Waals surface area contributed by atoms with Gasteiger partial charge in [-0.05, 0) is 59.7 Å². The number of aryl methyl sites for hydroxylation is 1. The number of hydrogen-bond acceptors (Lipinski definition) is 5. The van der Waals surface area contributed by atoms with Crippen molar-refractivity contribution in [2.45, 2.75) is 16.7 Å². The lowest BCUT2D eigenvalue weighted by atomic mass is 10.1. The highest BCUT2D eigenvalue weighted by molar-refractivity contribution is 7.92. The Labute approximate surface area is 150 Å². The SMILES string of the molecule is Cc1c(O)ccc2cc(S(=O)(=O)Nc3cccc(S(=O)(=O)O)c3)ccc12. The number of sulfonamides is 1. The molecule has 0 spiro atoms. The zero-order chi connectivity index (χ0) is 19.1. The zero-order valence-electron chi connectivity index (χ0n) is 13.5. The van der Waals surface area contributed by atoms with E-state index in [1.165, 1.54) is 30.3 Å². The molecular weight excluding hydrogens is 378 g/mol. The minimum Gasteiger partial charge on any atom is -0.508 e. The highest BCUT2D eigenvalue weighted by atomic mass is 32.2. The van der Waals surface area contributed by atoms with E-state index in [1.54, 1.807) is 19.1 Å². The van der Waals surface area contributed by atoms with Crippen molar-refractivity contribution in [1.82, 2.24) is 0 Å². The van der Waals surface area contributed by atoms with Crippen LogP contribution in [0.5, 0.6) is 5.75 Å². The quantitative estimate of drug-likeness (QED) is 0.586. The first-order valence-electron chi connectivity index (χ1n) is 7.41. The summed E-state index contributed by atoms with van der Waals surface area (Å²) in [6.45, 7) is 1.73. The summed E-state index contributed by atoms with van der Waals surface area (Å²) in [5, 5.41) is 11.1. The molecule has 0 saturated heterocycles. The van der Waals surface area contributed by atoms with E-state index >= 15 is 0 Å². The van der Waals surface area contributed by atoms with Gasteiger partial charge in [0.1, 0.15) is 5.75 Å². The molecule has 0 aliphatic rings. The maximum Gasteiger partial charge on any atom is 0.294 e. The van der Waals surface area contributed by atoms with E-state index in [0.29, 0.717) is 10.9 Å². The molecule has 7 nitrogen and oxygen atoms in total. The molecule has 0 aromatic heterocycles. The standard InChI is InChI=1S/C17H15NO6S2/c1-11-16-7-6-14(9-12(16)5-8-17(11)19)25(20,21)18-13-3-2-4-15(10-13)26(22,23)24/h2-10,18-19H,1H3,(H,22,23,24). The Morgan fingerprint density at radius 2 is 1.62 bits per heavy atom. The Bertz CT molecular complexity index is 1220. The molecule has 0 heterocycles. The summed E-state index contributed by atoms with van der Waals surface area (Å²) >= 11 is 0. The molecule has 0 aliphatic heterocycles. The average Bonchev–Trinajstić information content (AvgIpc) is 2.57. The molecule has 0 atom stereocenters. The third kappa shape index (κ3) is 3.50. The Morgan fingerprint density at radius 1 is 0.885 bits per heavy atom. The lowest BCUT2D eigenvalue weighted by molar-refractivity contribution is 0.472. The van der Waals surface area contributed by atoms with Crippen LogP contribution in [0.4, 0.5) is 5.69 Å². The molecule has 0 bridgehead atoms. The van der Waals surface area contributed by atoms with Gasteiger partial charge in [-0.15, -0.1) is 0 Å². The van der Waals surface area contributed by atoms with E-state index in [1.807, 2.05) is 0 Å². The van der Waals surface area contributed by atoms with Crippen LogP contribution in [-0.2, 0) is 20.1 Å². The second-order valence-corrected chi connectivity index (χ2v) is 8.80. The van der Waals surface area contributed by atoms with Crippen LogP contribution in [0.15, 0.2) is 64.4 Å². The van der Waals surface area contributed by atoms with Crippen molar-refractivity contribution in [3.63, 3.8) is 0 Å². The molecule has 0 unspecified atom stereocenters. The normalized spacial score (nSPS) is 12.2. The molecule has 9 heteroatoms. The van der Waals surface area contributed by atoms with E-state index in [-0.39, 0.29) is 16.3 Å². The van der Waals surface area contributed by atoms with Gasteiger partial charge in [0, 0.05) is 0 Å². The number of rotatable bonds is 4. The molecule has 136 valence electrons. The summed E-state index contributed by atoms with van der Waals surface area (Å²) in [6.07, 6.45) is 0. The summed E-state index contributed by atoms with van der Waals surface area (Å²) in [6, 6.07) is 12.4. The van der Waals surface area contributed by atoms with E-state index in [2.05, 4.69) is 4.72 Å². The third-order valence-corrected chi connectivity index (χ3v) is 6.16. The van der Waals surface area contributed by atoms with Gasteiger partial charge in [0.05, 0.1) is 15.5 Å². The van der Waals surface area contributed by atoms with Crippen molar-refractivity contribution in [2.75, 3.05) is 4.72 Å². The number of fused-ring (bicyclic) bond motifs is 1. The van der Waals surface area contributed by atoms with Crippen LogP contribution in [0.1, 0.15) is 5.56 Å². The fraction of sp³-hybridized carbons (Fsp3) is 0.0588. The fourth-order valence-corrected chi connectivity index (χ4v) is 4.16. The van der Waals surface area contributed by atoms with Crippen molar-refractivity contribution in [2.24, 2.45) is 0 Å². The number of phenolic OH excluding ortho intramolecular Hbond substituents is 1. The molecule has 3 aromatic rings. The second kappa shape index (κ2) is 6.27. The summed E-state index contributed by atoms with van der Waals surface area (Å²) in [4.78, 5) is -0.436. The monoisotopic (exact) mass is 393 g/mol. The number of phenols is 1. The van der Waals surface area contributed by atoms with E-state index in [9.17, 15) is 21.9 Å². The molecule has 0 aliphatic carbocycles. The smallest absolute Gasteiger partial charge is 0.294 e. The van der Waals surface area contributed by atoms with Crippen LogP contribution in [0.3, 0.4) is 0 Å². The second-order valence-electron chi connectivity index (χ2n) is 5.70. The summed E-state index contributed by atoms with van der Waals surface area (Å²) in [5.74, 6) is 0.119. The average molecular weight is 393 g/mol. The summed E-state index contributed by atoms with van der Waals surface area (Å²) in [7, 11) is -8.42. The van der Waals surface area contributed by atoms with E-state index < -0.39 is 25.0 Å². The van der Waals surface area contributed by atoms with Crippen molar-refractivity contribution < 1.29 is 26.5 Å². The summed E-state index contributed by atoms with van der Waals surface area (Å²) in [5.41, 5.74) is 0.641. The summed E-state index contributed by atoms with van der Waals surface area (Å²) < 4.78 is 58.9. The maximum absolute atomic E-state index is 12.6. The fourth-order valence-electron chi connectivity index (χ4n) is 2.55. The first-order chi connectivity index (χ1) is 12.1. The van der Waals surface area contributed by atoms with Crippen LogP contribution in [0, 0.1) is 6.92 Å². The van der Waals surface area contributed by atoms with Crippen LogP contribution < -0.4 is 4.72 Å². The van der Waals surface area contributed by atoms with E-state index in [0.717, 1.165) is 17.5 Å². The van der Waals surface area contributed by atoms with Gasteiger partial charge in [-0.3, -0.25) is 9.27 Å². The predicted molar refractivity (Wildman–Crippen MR) is 97.4 cm³/mol. The minimum absolute atomic E-state index is 0.00195. The van der Waals surface area contributed by atoms with Gasteiger partial charge in [0.2, 0.25) is 0 Å². The number of aromatic hydroxyl groups is 1. The number of benzene rings is 3. The maximum atomic E-state index is 12.6. The Morgan fingerprint density at radius 3 is 2.31 bits per heavy atom. The molecule has 3 aromatic carbocycles. The first-order valence-corrected chi connectivity index (χ1v) is 10.3. The number of nitrogens with one attached hydrogen (secondary N) is 1. The van der Waals surface area contributed by atoms with Crippen LogP contribution >= 0.6 is 0 Å². The van der Waals surface area contributed by atoms with Gasteiger partial charge < -0.3 is 5.11 Å². The van der Waals surface area contributed by atoms with Crippen molar-refractivity contribution in [3.05, 3.63) is 60.2 Å². The molecule has 0 amide bonds. The lowest BCUT2D eigenvalue weighted by Gasteiger charge is -2.11. The highest BCUT2D eigenvalue weighted by Gasteiger charge is 2.17. The molecular formula is C17H15NO6S2. The molecule has 0 saturated carbocycles. The molecule has 3 N–H and O–H groups in total. The largest absolute Gasteiger partial charge is 0.508 e. The van der Waals surface area contributed by atoms with Gasteiger partial charge in [0.15, 0.2) is 0 Å². The van der Waals surface area contributed by atoms with E-state index in [4.69, 9.17) is 4.55 Å². The highest BCUT2D eigenvalue weighted by Crippen LogP contribution is 2.28. The number of anilines is 1. The van der Waals surface area contributed by atoms with Crippen molar-refractivity contribution >= 4 is 36.6 Å². The van der Waals surface area contributed by atoms with Crippen molar-refractivity contribution in [3.8, 4) is 5.75 Å².